The van der Waals surface area contributed by atoms with Crippen LogP contribution in [0.2, 0.25) is 0 Å². The van der Waals surface area contributed by atoms with Crippen LogP contribution < -0.4 is 4.90 Å². The van der Waals surface area contributed by atoms with E-state index in [0.29, 0.717) is 5.92 Å². The first-order valence-corrected chi connectivity index (χ1v) is 9.06. The van der Waals surface area contributed by atoms with E-state index in [4.69, 9.17) is 4.98 Å². The Balaban J connectivity index is 1.43. The maximum absolute atomic E-state index is 4.75. The number of hydrogen-bond acceptors (Lipinski definition) is 6. The van der Waals surface area contributed by atoms with Gasteiger partial charge in [-0.05, 0) is 44.7 Å². The number of nitrogens with one attached hydrogen (secondary N) is 1. The molecule has 26 heavy (non-hydrogen) atoms. The van der Waals surface area contributed by atoms with Crippen molar-refractivity contribution in [2.24, 2.45) is 5.92 Å². The van der Waals surface area contributed by atoms with Gasteiger partial charge in [-0.15, -0.1) is 0 Å². The third-order valence-electron chi connectivity index (χ3n) is 4.77. The molecule has 7 nitrogen and oxygen atoms in total. The summed E-state index contributed by atoms with van der Waals surface area (Å²) in [4.78, 5) is 28.0. The van der Waals surface area contributed by atoms with Crippen LogP contribution in [0, 0.1) is 19.8 Å². The van der Waals surface area contributed by atoms with Crippen molar-refractivity contribution >= 4 is 5.95 Å². The summed E-state index contributed by atoms with van der Waals surface area (Å²) in [5.41, 5.74) is 2.89. The predicted molar refractivity (Wildman–Crippen MR) is 99.8 cm³/mol. The smallest absolute Gasteiger partial charge is 0.225 e. The van der Waals surface area contributed by atoms with Gasteiger partial charge in [0.2, 0.25) is 5.95 Å². The van der Waals surface area contributed by atoms with Gasteiger partial charge in [0, 0.05) is 49.5 Å². The number of nitrogens with zero attached hydrogens (tertiary/aromatic N) is 6. The lowest BCUT2D eigenvalue weighted by Crippen LogP contribution is -2.35. The standard InChI is InChI=1S/C19H23N7/c1-13-10-16(18-22-12-14(2)24-18)25-17(23-13)11-15-4-8-26(9-5-15)19-20-6-3-7-21-19/h3,6-7,10,12,15H,4-5,8-9,11H2,1-2H3,(H,22,24). The van der Waals surface area contributed by atoms with E-state index < -0.39 is 0 Å². The van der Waals surface area contributed by atoms with Crippen LogP contribution in [0.25, 0.3) is 11.5 Å². The van der Waals surface area contributed by atoms with Crippen molar-refractivity contribution in [2.75, 3.05) is 18.0 Å². The van der Waals surface area contributed by atoms with Crippen LogP contribution in [0.15, 0.2) is 30.7 Å². The van der Waals surface area contributed by atoms with Crippen molar-refractivity contribution in [1.29, 1.82) is 0 Å². The van der Waals surface area contributed by atoms with Gasteiger partial charge in [0.25, 0.3) is 0 Å². The van der Waals surface area contributed by atoms with Gasteiger partial charge < -0.3 is 9.88 Å². The van der Waals surface area contributed by atoms with E-state index >= 15 is 0 Å². The highest BCUT2D eigenvalue weighted by Gasteiger charge is 2.22. The lowest BCUT2D eigenvalue weighted by atomic mass is 9.93. The molecular weight excluding hydrogens is 326 g/mol. The summed E-state index contributed by atoms with van der Waals surface area (Å²) in [6, 6.07) is 3.83. The first-order valence-electron chi connectivity index (χ1n) is 9.06. The average molecular weight is 349 g/mol. The molecule has 7 heteroatoms. The Morgan fingerprint density at radius 2 is 1.85 bits per heavy atom. The molecule has 0 aliphatic carbocycles. The number of imidazole rings is 1. The highest BCUT2D eigenvalue weighted by Crippen LogP contribution is 2.23. The number of piperidine rings is 1. The second-order valence-corrected chi connectivity index (χ2v) is 6.91. The molecule has 134 valence electrons. The van der Waals surface area contributed by atoms with E-state index in [2.05, 4.69) is 29.8 Å². The van der Waals surface area contributed by atoms with Crippen molar-refractivity contribution in [3.05, 3.63) is 47.9 Å². The highest BCUT2D eigenvalue weighted by molar-refractivity contribution is 5.49. The zero-order chi connectivity index (χ0) is 17.9. The van der Waals surface area contributed by atoms with Gasteiger partial charge in [-0.1, -0.05) is 0 Å². The zero-order valence-electron chi connectivity index (χ0n) is 15.2. The van der Waals surface area contributed by atoms with Gasteiger partial charge in [0.1, 0.15) is 11.5 Å². The average Bonchev–Trinajstić information content (AvgIpc) is 3.09. The largest absolute Gasteiger partial charge is 0.341 e. The fourth-order valence-electron chi connectivity index (χ4n) is 3.44. The lowest BCUT2D eigenvalue weighted by molar-refractivity contribution is 0.394. The van der Waals surface area contributed by atoms with E-state index in [9.17, 15) is 0 Å². The SMILES string of the molecule is Cc1cc(-c2ncc(C)[nH]2)nc(CC2CCN(c3ncccn3)CC2)n1. The maximum atomic E-state index is 4.75. The molecule has 1 saturated heterocycles. The number of aromatic amines is 1. The molecule has 4 heterocycles. The molecule has 0 aromatic carbocycles. The van der Waals surface area contributed by atoms with Gasteiger partial charge in [-0.3, -0.25) is 0 Å². The Labute approximate surface area is 153 Å². The summed E-state index contributed by atoms with van der Waals surface area (Å²) in [6.45, 7) is 5.96. The number of hydrogen-bond donors (Lipinski definition) is 1. The number of H-pyrrole nitrogens is 1. The minimum Gasteiger partial charge on any atom is -0.341 e. The first kappa shape index (κ1) is 16.6. The van der Waals surface area contributed by atoms with Crippen LogP contribution in [0.5, 0.6) is 0 Å². The van der Waals surface area contributed by atoms with Crippen LogP contribution >= 0.6 is 0 Å². The van der Waals surface area contributed by atoms with Crippen molar-refractivity contribution in [2.45, 2.75) is 33.1 Å². The minimum absolute atomic E-state index is 0.586. The highest BCUT2D eigenvalue weighted by atomic mass is 15.2. The summed E-state index contributed by atoms with van der Waals surface area (Å²) in [5.74, 6) is 3.13. The van der Waals surface area contributed by atoms with Crippen LogP contribution in [-0.4, -0.2) is 43.0 Å². The molecule has 0 spiro atoms. The Morgan fingerprint density at radius 1 is 1.08 bits per heavy atom. The normalized spacial score (nSPS) is 15.4. The van der Waals surface area contributed by atoms with E-state index in [1.54, 1.807) is 12.4 Å². The number of aryl methyl sites for hydroxylation is 2. The van der Waals surface area contributed by atoms with Crippen molar-refractivity contribution in [3.63, 3.8) is 0 Å². The monoisotopic (exact) mass is 349 g/mol. The van der Waals surface area contributed by atoms with Crippen molar-refractivity contribution < 1.29 is 0 Å². The third kappa shape index (κ3) is 3.71. The van der Waals surface area contributed by atoms with Gasteiger partial charge in [0.15, 0.2) is 5.82 Å². The Bertz CT molecular complexity index is 867. The molecule has 0 amide bonds. The van der Waals surface area contributed by atoms with E-state index in [0.717, 1.165) is 67.0 Å². The summed E-state index contributed by atoms with van der Waals surface area (Å²) < 4.78 is 0. The second kappa shape index (κ2) is 7.19. The van der Waals surface area contributed by atoms with Crippen molar-refractivity contribution in [1.82, 2.24) is 29.9 Å². The molecule has 1 N–H and O–H groups in total. The molecule has 0 bridgehead atoms. The fraction of sp³-hybridized carbons (Fsp3) is 0.421. The van der Waals surface area contributed by atoms with Crippen LogP contribution in [0.1, 0.15) is 30.1 Å². The Kier molecular flexibility index (Phi) is 4.60. The summed E-state index contributed by atoms with van der Waals surface area (Å²) in [6.07, 6.45) is 8.53. The third-order valence-corrected chi connectivity index (χ3v) is 4.77. The predicted octanol–water partition coefficient (Wildman–Crippen LogP) is 2.73. The number of aromatic nitrogens is 6. The number of anilines is 1. The topological polar surface area (TPSA) is 83.5 Å². The maximum Gasteiger partial charge on any atom is 0.225 e. The van der Waals surface area contributed by atoms with Gasteiger partial charge >= 0.3 is 0 Å². The number of rotatable bonds is 4. The molecule has 4 rings (SSSR count). The van der Waals surface area contributed by atoms with Crippen molar-refractivity contribution in [3.8, 4) is 11.5 Å². The first-order chi connectivity index (χ1) is 12.7. The minimum atomic E-state index is 0.586. The zero-order valence-corrected chi connectivity index (χ0v) is 15.2. The molecular formula is C19H23N7. The molecule has 0 radical (unpaired) electrons. The molecule has 3 aromatic rings. The van der Waals surface area contributed by atoms with E-state index in [1.165, 1.54) is 0 Å². The lowest BCUT2D eigenvalue weighted by Gasteiger charge is -2.31. The van der Waals surface area contributed by atoms with E-state index in [-0.39, 0.29) is 0 Å². The van der Waals surface area contributed by atoms with E-state index in [1.807, 2.05) is 32.2 Å². The van der Waals surface area contributed by atoms with Gasteiger partial charge in [-0.2, -0.15) is 0 Å². The molecule has 1 aliphatic rings. The summed E-state index contributed by atoms with van der Waals surface area (Å²) >= 11 is 0. The van der Waals surface area contributed by atoms with Crippen LogP contribution in [0.4, 0.5) is 5.95 Å². The second-order valence-electron chi connectivity index (χ2n) is 6.91. The quantitative estimate of drug-likeness (QED) is 0.780. The van der Waals surface area contributed by atoms with Crippen LogP contribution in [-0.2, 0) is 6.42 Å². The molecule has 1 fully saturated rings. The molecule has 0 saturated carbocycles. The molecule has 3 aromatic heterocycles. The molecule has 0 unspecified atom stereocenters. The fourth-order valence-corrected chi connectivity index (χ4v) is 3.44. The summed E-state index contributed by atoms with van der Waals surface area (Å²) in [5, 5.41) is 0. The van der Waals surface area contributed by atoms with Gasteiger partial charge in [-0.25, -0.2) is 24.9 Å². The molecule has 0 atom stereocenters. The van der Waals surface area contributed by atoms with Gasteiger partial charge in [0.05, 0.1) is 0 Å². The summed E-state index contributed by atoms with van der Waals surface area (Å²) in [7, 11) is 0. The Hall–Kier alpha value is -2.83. The van der Waals surface area contributed by atoms with Crippen LogP contribution in [0.3, 0.4) is 0 Å². The molecule has 1 aliphatic heterocycles. The Morgan fingerprint density at radius 3 is 2.54 bits per heavy atom.